The number of hydrogen-bond donors (Lipinski definition) is 1. The summed E-state index contributed by atoms with van der Waals surface area (Å²) in [6.07, 6.45) is 2.52. The van der Waals surface area contributed by atoms with Crippen molar-refractivity contribution in [2.45, 2.75) is 18.9 Å². The fourth-order valence-electron chi connectivity index (χ4n) is 1.87. The smallest absolute Gasteiger partial charge is 0.292 e. The van der Waals surface area contributed by atoms with Gasteiger partial charge in [0.05, 0.1) is 4.92 Å². The van der Waals surface area contributed by atoms with Crippen LogP contribution in [-0.4, -0.2) is 36.0 Å². The van der Waals surface area contributed by atoms with E-state index < -0.39 is 4.92 Å². The van der Waals surface area contributed by atoms with Crippen LogP contribution in [0.5, 0.6) is 0 Å². The monoisotopic (exact) mass is 269 g/mol. The Morgan fingerprint density at radius 3 is 2.89 bits per heavy atom. The van der Waals surface area contributed by atoms with Gasteiger partial charge in [-0.05, 0) is 32.0 Å². The highest BCUT2D eigenvalue weighted by Gasteiger charge is 2.25. The van der Waals surface area contributed by atoms with Gasteiger partial charge in [0.15, 0.2) is 0 Å². The van der Waals surface area contributed by atoms with Crippen molar-refractivity contribution in [3.05, 3.63) is 33.3 Å². The second-order valence-corrected chi connectivity index (χ2v) is 4.99. The molecule has 1 saturated carbocycles. The van der Waals surface area contributed by atoms with Crippen LogP contribution in [-0.2, 0) is 0 Å². The molecule has 1 aliphatic rings. The molecule has 0 aromatic heterocycles. The van der Waals surface area contributed by atoms with E-state index in [0.717, 1.165) is 6.54 Å². The lowest BCUT2D eigenvalue weighted by Gasteiger charge is -2.16. The SMILES string of the molecule is CN(CCNc1cc(Cl)ccc1[N+](=O)[O-])C1CC1. The second-order valence-electron chi connectivity index (χ2n) is 4.56. The van der Waals surface area contributed by atoms with Crippen LogP contribution in [0, 0.1) is 10.1 Å². The summed E-state index contributed by atoms with van der Waals surface area (Å²) in [5.74, 6) is 0. The Hall–Kier alpha value is -1.33. The number of nitro groups is 1. The third kappa shape index (κ3) is 3.34. The molecule has 0 aliphatic heterocycles. The molecule has 18 heavy (non-hydrogen) atoms. The normalized spacial score (nSPS) is 14.8. The van der Waals surface area contributed by atoms with Gasteiger partial charge in [-0.25, -0.2) is 0 Å². The number of hydrogen-bond acceptors (Lipinski definition) is 4. The van der Waals surface area contributed by atoms with E-state index in [4.69, 9.17) is 11.6 Å². The molecule has 2 rings (SSSR count). The molecule has 0 radical (unpaired) electrons. The molecule has 0 atom stereocenters. The third-order valence-electron chi connectivity index (χ3n) is 3.11. The zero-order chi connectivity index (χ0) is 13.1. The molecule has 5 nitrogen and oxygen atoms in total. The summed E-state index contributed by atoms with van der Waals surface area (Å²) in [6.45, 7) is 1.54. The highest BCUT2D eigenvalue weighted by Crippen LogP contribution is 2.28. The van der Waals surface area contributed by atoms with Gasteiger partial charge in [0.2, 0.25) is 0 Å². The summed E-state index contributed by atoms with van der Waals surface area (Å²) in [5, 5.41) is 14.4. The number of nitro benzene ring substituents is 1. The third-order valence-corrected chi connectivity index (χ3v) is 3.34. The molecular formula is C12H16ClN3O2. The van der Waals surface area contributed by atoms with Crippen molar-refractivity contribution in [3.8, 4) is 0 Å². The zero-order valence-corrected chi connectivity index (χ0v) is 11.0. The second kappa shape index (κ2) is 5.54. The molecule has 1 fully saturated rings. The molecule has 1 aliphatic carbocycles. The average molecular weight is 270 g/mol. The fourth-order valence-corrected chi connectivity index (χ4v) is 2.05. The van der Waals surface area contributed by atoms with Gasteiger partial charge in [0.1, 0.15) is 5.69 Å². The van der Waals surface area contributed by atoms with E-state index in [1.165, 1.54) is 25.0 Å². The number of likely N-dealkylation sites (N-methyl/N-ethyl adjacent to an activating group) is 1. The molecule has 0 unspecified atom stereocenters. The largest absolute Gasteiger partial charge is 0.378 e. The minimum absolute atomic E-state index is 0.0634. The quantitative estimate of drug-likeness (QED) is 0.637. The lowest BCUT2D eigenvalue weighted by Crippen LogP contribution is -2.27. The van der Waals surface area contributed by atoms with Crippen LogP contribution >= 0.6 is 11.6 Å². The van der Waals surface area contributed by atoms with Crippen LogP contribution in [0.3, 0.4) is 0 Å². The molecule has 0 heterocycles. The van der Waals surface area contributed by atoms with Crippen LogP contribution in [0.25, 0.3) is 0 Å². The number of benzene rings is 1. The van der Waals surface area contributed by atoms with Gasteiger partial charge in [-0.2, -0.15) is 0 Å². The lowest BCUT2D eigenvalue weighted by molar-refractivity contribution is -0.384. The maximum atomic E-state index is 10.9. The Morgan fingerprint density at radius 1 is 1.56 bits per heavy atom. The van der Waals surface area contributed by atoms with E-state index >= 15 is 0 Å². The number of halogens is 1. The molecule has 0 saturated heterocycles. The van der Waals surface area contributed by atoms with E-state index in [9.17, 15) is 10.1 Å². The minimum atomic E-state index is -0.400. The number of anilines is 1. The maximum absolute atomic E-state index is 10.9. The van der Waals surface area contributed by atoms with Gasteiger partial charge in [-0.3, -0.25) is 10.1 Å². The van der Waals surface area contributed by atoms with Gasteiger partial charge in [0.25, 0.3) is 5.69 Å². The number of nitrogens with zero attached hydrogens (tertiary/aromatic N) is 2. The minimum Gasteiger partial charge on any atom is -0.378 e. The van der Waals surface area contributed by atoms with E-state index in [-0.39, 0.29) is 5.69 Å². The van der Waals surface area contributed by atoms with Crippen molar-refractivity contribution in [1.82, 2.24) is 4.90 Å². The summed E-state index contributed by atoms with van der Waals surface area (Å²) in [7, 11) is 2.08. The summed E-state index contributed by atoms with van der Waals surface area (Å²) in [4.78, 5) is 12.7. The van der Waals surface area contributed by atoms with Crippen LogP contribution in [0.4, 0.5) is 11.4 Å². The Kier molecular flexibility index (Phi) is 4.04. The number of rotatable bonds is 6. The van der Waals surface area contributed by atoms with Crippen LogP contribution in [0.15, 0.2) is 18.2 Å². The molecule has 1 aromatic rings. The van der Waals surface area contributed by atoms with E-state index in [0.29, 0.717) is 23.3 Å². The Bertz CT molecular complexity index is 449. The van der Waals surface area contributed by atoms with Gasteiger partial charge < -0.3 is 10.2 Å². The van der Waals surface area contributed by atoms with Crippen molar-refractivity contribution < 1.29 is 4.92 Å². The summed E-state index contributed by atoms with van der Waals surface area (Å²) in [5.41, 5.74) is 0.546. The van der Waals surface area contributed by atoms with Gasteiger partial charge >= 0.3 is 0 Å². The Morgan fingerprint density at radius 2 is 2.28 bits per heavy atom. The predicted octanol–water partition coefficient (Wildman–Crippen LogP) is 2.75. The van der Waals surface area contributed by atoms with Gasteiger partial charge in [0, 0.05) is 30.2 Å². The van der Waals surface area contributed by atoms with Crippen molar-refractivity contribution in [3.63, 3.8) is 0 Å². The first kappa shape index (κ1) is 13.1. The first-order chi connectivity index (χ1) is 8.58. The summed E-state index contributed by atoms with van der Waals surface area (Å²) in [6, 6.07) is 5.24. The van der Waals surface area contributed by atoms with Crippen molar-refractivity contribution >= 4 is 23.0 Å². The predicted molar refractivity (Wildman–Crippen MR) is 72.2 cm³/mol. The molecule has 98 valence electrons. The standard InChI is InChI=1S/C12H16ClN3O2/c1-15(10-3-4-10)7-6-14-11-8-9(13)2-5-12(11)16(17)18/h2,5,8,10,14H,3-4,6-7H2,1H3. The molecule has 0 spiro atoms. The molecule has 0 amide bonds. The molecule has 1 aromatic carbocycles. The van der Waals surface area contributed by atoms with Crippen LogP contribution < -0.4 is 5.32 Å². The fraction of sp³-hybridized carbons (Fsp3) is 0.500. The van der Waals surface area contributed by atoms with E-state index in [1.807, 2.05) is 0 Å². The summed E-state index contributed by atoms with van der Waals surface area (Å²) < 4.78 is 0. The molecule has 6 heteroatoms. The van der Waals surface area contributed by atoms with Gasteiger partial charge in [-0.15, -0.1) is 0 Å². The molecule has 0 bridgehead atoms. The van der Waals surface area contributed by atoms with Crippen molar-refractivity contribution in [2.24, 2.45) is 0 Å². The Balaban J connectivity index is 1.94. The lowest BCUT2D eigenvalue weighted by atomic mass is 10.2. The van der Waals surface area contributed by atoms with Gasteiger partial charge in [-0.1, -0.05) is 11.6 Å². The van der Waals surface area contributed by atoms with Crippen molar-refractivity contribution in [2.75, 3.05) is 25.5 Å². The average Bonchev–Trinajstić information content (AvgIpc) is 3.12. The van der Waals surface area contributed by atoms with E-state index in [1.54, 1.807) is 6.07 Å². The zero-order valence-electron chi connectivity index (χ0n) is 10.2. The maximum Gasteiger partial charge on any atom is 0.292 e. The topological polar surface area (TPSA) is 58.4 Å². The van der Waals surface area contributed by atoms with Crippen molar-refractivity contribution in [1.29, 1.82) is 0 Å². The first-order valence-corrected chi connectivity index (χ1v) is 6.34. The van der Waals surface area contributed by atoms with Crippen LogP contribution in [0.1, 0.15) is 12.8 Å². The Labute approximate surface area is 111 Å². The highest BCUT2D eigenvalue weighted by atomic mass is 35.5. The van der Waals surface area contributed by atoms with Crippen LogP contribution in [0.2, 0.25) is 5.02 Å². The number of nitrogens with one attached hydrogen (secondary N) is 1. The highest BCUT2D eigenvalue weighted by molar-refractivity contribution is 6.31. The molecular weight excluding hydrogens is 254 g/mol. The summed E-state index contributed by atoms with van der Waals surface area (Å²) >= 11 is 5.85. The van der Waals surface area contributed by atoms with E-state index in [2.05, 4.69) is 17.3 Å². The first-order valence-electron chi connectivity index (χ1n) is 5.96. The molecule has 1 N–H and O–H groups in total.